The largest absolute Gasteiger partial charge is 0.465 e. The van der Waals surface area contributed by atoms with Gasteiger partial charge in [-0.1, -0.05) is 11.6 Å². The number of aromatic nitrogens is 2. The van der Waals surface area contributed by atoms with Crippen molar-refractivity contribution < 1.29 is 9.90 Å². The minimum atomic E-state index is -0.928. The van der Waals surface area contributed by atoms with Gasteiger partial charge in [0.2, 0.25) is 0 Å². The minimum Gasteiger partial charge on any atom is -0.465 e. The van der Waals surface area contributed by atoms with E-state index < -0.39 is 6.09 Å². The number of carboxylic acid groups (broad SMARTS) is 1. The molecule has 0 radical (unpaired) electrons. The van der Waals surface area contributed by atoms with Crippen LogP contribution in [0.3, 0.4) is 0 Å². The fraction of sp³-hybridized carbons (Fsp3) is 0.444. The zero-order chi connectivity index (χ0) is 11.0. The van der Waals surface area contributed by atoms with Gasteiger partial charge in [0.25, 0.3) is 0 Å². The van der Waals surface area contributed by atoms with Crippen molar-refractivity contribution in [2.45, 2.75) is 25.9 Å². The van der Waals surface area contributed by atoms with Crippen LogP contribution in [0.15, 0.2) is 6.33 Å². The fourth-order valence-electron chi connectivity index (χ4n) is 1.74. The van der Waals surface area contributed by atoms with Crippen LogP contribution in [-0.4, -0.2) is 32.1 Å². The molecule has 0 saturated heterocycles. The average molecular weight is 228 g/mol. The van der Waals surface area contributed by atoms with Gasteiger partial charge in [-0.2, -0.15) is 0 Å². The molecule has 80 valence electrons. The van der Waals surface area contributed by atoms with Gasteiger partial charge < -0.3 is 5.11 Å². The van der Waals surface area contributed by atoms with Crippen LogP contribution in [0.5, 0.6) is 0 Å². The van der Waals surface area contributed by atoms with Gasteiger partial charge in [0.1, 0.15) is 11.5 Å². The molecule has 0 spiro atoms. The fourth-order valence-corrected chi connectivity index (χ4v) is 1.97. The second-order valence-corrected chi connectivity index (χ2v) is 3.91. The lowest BCUT2D eigenvalue weighted by molar-refractivity contribution is 0.118. The molecule has 5 nitrogen and oxygen atoms in total. The summed E-state index contributed by atoms with van der Waals surface area (Å²) in [6.45, 7) is 2.13. The first kappa shape index (κ1) is 10.2. The number of hydrogen-bond acceptors (Lipinski definition) is 3. The Balaban J connectivity index is 2.38. The smallest absolute Gasteiger partial charge is 0.407 e. The minimum absolute atomic E-state index is 0.0847. The molecule has 0 aromatic carbocycles. The van der Waals surface area contributed by atoms with Gasteiger partial charge in [-0.25, -0.2) is 14.8 Å². The zero-order valence-electron chi connectivity index (χ0n) is 8.14. The molecule has 0 bridgehead atoms. The van der Waals surface area contributed by atoms with E-state index in [2.05, 4.69) is 9.97 Å². The summed E-state index contributed by atoms with van der Waals surface area (Å²) >= 11 is 5.92. The van der Waals surface area contributed by atoms with Gasteiger partial charge in [-0.05, 0) is 13.3 Å². The third-order valence-electron chi connectivity index (χ3n) is 2.58. The van der Waals surface area contributed by atoms with Crippen molar-refractivity contribution in [3.8, 4) is 0 Å². The molecule has 2 rings (SSSR count). The lowest BCUT2D eigenvalue weighted by Gasteiger charge is -2.31. The molecule has 15 heavy (non-hydrogen) atoms. The highest BCUT2D eigenvalue weighted by atomic mass is 35.5. The Morgan fingerprint density at radius 3 is 3.07 bits per heavy atom. The third kappa shape index (κ3) is 1.74. The van der Waals surface area contributed by atoms with Crippen LogP contribution in [0.2, 0.25) is 5.15 Å². The number of rotatable bonds is 0. The van der Waals surface area contributed by atoms with E-state index in [1.807, 2.05) is 6.92 Å². The summed E-state index contributed by atoms with van der Waals surface area (Å²) < 4.78 is 0. The predicted octanol–water partition coefficient (Wildman–Crippen LogP) is 1.55. The quantitative estimate of drug-likeness (QED) is 0.683. The van der Waals surface area contributed by atoms with Crippen molar-refractivity contribution in [2.75, 3.05) is 0 Å². The molecule has 2 heterocycles. The summed E-state index contributed by atoms with van der Waals surface area (Å²) in [5.41, 5.74) is 1.57. The van der Waals surface area contributed by atoms with Crippen LogP contribution in [-0.2, 0) is 13.0 Å². The Hall–Kier alpha value is -1.36. The lowest BCUT2D eigenvalue weighted by Crippen LogP contribution is -2.42. The predicted molar refractivity (Wildman–Crippen MR) is 53.8 cm³/mol. The molecule has 1 N–H and O–H groups in total. The van der Waals surface area contributed by atoms with E-state index in [0.717, 1.165) is 5.56 Å². The van der Waals surface area contributed by atoms with Crippen LogP contribution < -0.4 is 0 Å². The standard InChI is InChI=1S/C9H10ClN3O2/c1-5-2-6-7(3-13(5)9(14)15)11-4-12-8(6)10/h4-5H,2-3H2,1H3,(H,14,15). The average Bonchev–Trinajstić information content (AvgIpc) is 2.18. The van der Waals surface area contributed by atoms with Gasteiger partial charge in [-0.3, -0.25) is 4.90 Å². The third-order valence-corrected chi connectivity index (χ3v) is 2.91. The van der Waals surface area contributed by atoms with E-state index in [-0.39, 0.29) is 12.6 Å². The highest BCUT2D eigenvalue weighted by Crippen LogP contribution is 2.25. The number of hydrogen-bond donors (Lipinski definition) is 1. The lowest BCUT2D eigenvalue weighted by atomic mass is 10.0. The van der Waals surface area contributed by atoms with E-state index in [1.165, 1.54) is 11.2 Å². The van der Waals surface area contributed by atoms with Crippen molar-refractivity contribution in [1.29, 1.82) is 0 Å². The summed E-state index contributed by atoms with van der Waals surface area (Å²) in [6.07, 6.45) is 1.00. The van der Waals surface area contributed by atoms with Crippen LogP contribution in [0.25, 0.3) is 0 Å². The molecule has 0 fully saturated rings. The molecule has 1 aromatic rings. The molecule has 6 heteroatoms. The number of nitrogens with zero attached hydrogens (tertiary/aromatic N) is 3. The van der Waals surface area contributed by atoms with Crippen LogP contribution >= 0.6 is 11.6 Å². The van der Waals surface area contributed by atoms with Crippen LogP contribution in [0.4, 0.5) is 4.79 Å². The summed E-state index contributed by atoms with van der Waals surface area (Å²) in [6, 6.07) is -0.0847. The van der Waals surface area contributed by atoms with Gasteiger partial charge in [0.15, 0.2) is 0 Å². The number of amides is 1. The molecule has 1 aromatic heterocycles. The Kier molecular flexibility index (Phi) is 2.48. The Morgan fingerprint density at radius 2 is 2.40 bits per heavy atom. The Bertz CT molecular complexity index is 410. The summed E-state index contributed by atoms with van der Waals surface area (Å²) in [4.78, 5) is 20.2. The first-order valence-electron chi connectivity index (χ1n) is 4.57. The molecule has 0 saturated carbocycles. The van der Waals surface area contributed by atoms with Gasteiger partial charge in [-0.15, -0.1) is 0 Å². The van der Waals surface area contributed by atoms with Crippen molar-refractivity contribution >= 4 is 17.7 Å². The van der Waals surface area contributed by atoms with E-state index in [4.69, 9.17) is 16.7 Å². The molecule has 1 unspecified atom stereocenters. The molecule has 1 atom stereocenters. The highest BCUT2D eigenvalue weighted by Gasteiger charge is 2.28. The first-order chi connectivity index (χ1) is 7.09. The topological polar surface area (TPSA) is 66.3 Å². The van der Waals surface area contributed by atoms with Crippen molar-refractivity contribution in [3.05, 3.63) is 22.7 Å². The maximum Gasteiger partial charge on any atom is 0.407 e. The summed E-state index contributed by atoms with van der Waals surface area (Å²) in [7, 11) is 0. The second kappa shape index (κ2) is 3.66. The first-order valence-corrected chi connectivity index (χ1v) is 4.95. The highest BCUT2D eigenvalue weighted by molar-refractivity contribution is 6.30. The van der Waals surface area contributed by atoms with E-state index in [0.29, 0.717) is 17.3 Å². The van der Waals surface area contributed by atoms with Crippen LogP contribution in [0.1, 0.15) is 18.2 Å². The maximum atomic E-state index is 10.9. The molecular weight excluding hydrogens is 218 g/mol. The number of halogens is 1. The van der Waals surface area contributed by atoms with E-state index >= 15 is 0 Å². The monoisotopic (exact) mass is 227 g/mol. The van der Waals surface area contributed by atoms with Gasteiger partial charge >= 0.3 is 6.09 Å². The maximum absolute atomic E-state index is 10.9. The molecule has 0 aliphatic carbocycles. The summed E-state index contributed by atoms with van der Waals surface area (Å²) in [5, 5.41) is 9.38. The Morgan fingerprint density at radius 1 is 1.67 bits per heavy atom. The normalized spacial score (nSPS) is 19.9. The van der Waals surface area contributed by atoms with E-state index in [1.54, 1.807) is 0 Å². The molecule has 1 aliphatic heterocycles. The number of carbonyl (C=O) groups is 1. The van der Waals surface area contributed by atoms with Gasteiger partial charge in [0, 0.05) is 11.6 Å². The van der Waals surface area contributed by atoms with Crippen molar-refractivity contribution in [3.63, 3.8) is 0 Å². The van der Waals surface area contributed by atoms with E-state index in [9.17, 15) is 4.79 Å². The molecule has 1 amide bonds. The summed E-state index contributed by atoms with van der Waals surface area (Å²) in [5.74, 6) is 0. The second-order valence-electron chi connectivity index (χ2n) is 3.55. The van der Waals surface area contributed by atoms with Crippen LogP contribution in [0, 0.1) is 0 Å². The number of fused-ring (bicyclic) bond motifs is 1. The van der Waals surface area contributed by atoms with Crippen molar-refractivity contribution in [1.82, 2.24) is 14.9 Å². The van der Waals surface area contributed by atoms with Crippen molar-refractivity contribution in [2.24, 2.45) is 0 Å². The zero-order valence-corrected chi connectivity index (χ0v) is 8.90. The molecule has 1 aliphatic rings. The Labute approximate surface area is 91.7 Å². The SMILES string of the molecule is CC1Cc2c(Cl)ncnc2CN1C(=O)O. The molecular formula is C9H10ClN3O2. The van der Waals surface area contributed by atoms with Gasteiger partial charge in [0.05, 0.1) is 12.2 Å².